The van der Waals surface area contributed by atoms with Crippen LogP contribution in [0.15, 0.2) is 12.2 Å². The zero-order valence-electron chi connectivity index (χ0n) is 12.3. The van der Waals surface area contributed by atoms with Crippen molar-refractivity contribution in [1.29, 1.82) is 0 Å². The number of ether oxygens (including phenoxy) is 2. The smallest absolute Gasteiger partial charge is 0.266 e. The quantitative estimate of drug-likeness (QED) is 0.726. The van der Waals surface area contributed by atoms with E-state index in [1.54, 1.807) is 0 Å². The monoisotopic (exact) mass is 288 g/mol. The Morgan fingerprint density at radius 3 is 2.20 bits per heavy atom. The van der Waals surface area contributed by atoms with E-state index < -0.39 is 6.08 Å². The standard InChI is InChI=1S/C16H26F2O2/c1-12-10-19-16(20-11-12)9-7-14-4-2-13(3-5-14)6-8-15(17)18/h8,12-14,16H,2-7,9-11H2,1H3. The van der Waals surface area contributed by atoms with Gasteiger partial charge < -0.3 is 9.47 Å². The predicted octanol–water partition coefficient (Wildman–Crippen LogP) is 4.75. The van der Waals surface area contributed by atoms with Crippen molar-refractivity contribution < 1.29 is 18.3 Å². The molecule has 2 fully saturated rings. The number of hydrogen-bond acceptors (Lipinski definition) is 2. The molecular formula is C16H26F2O2. The van der Waals surface area contributed by atoms with Crippen molar-refractivity contribution in [3.63, 3.8) is 0 Å². The predicted molar refractivity (Wildman–Crippen MR) is 74.5 cm³/mol. The van der Waals surface area contributed by atoms with Gasteiger partial charge in [-0.2, -0.15) is 8.78 Å². The maximum Gasteiger partial charge on any atom is 0.266 e. The normalized spacial score (nSPS) is 34.8. The summed E-state index contributed by atoms with van der Waals surface area (Å²) in [7, 11) is 0. The highest BCUT2D eigenvalue weighted by molar-refractivity contribution is 4.85. The molecule has 0 amide bonds. The lowest BCUT2D eigenvalue weighted by Crippen LogP contribution is -2.31. The zero-order chi connectivity index (χ0) is 14.4. The highest BCUT2D eigenvalue weighted by Gasteiger charge is 2.24. The molecule has 20 heavy (non-hydrogen) atoms. The molecule has 2 rings (SSSR count). The largest absolute Gasteiger partial charge is 0.352 e. The third-order valence-corrected chi connectivity index (χ3v) is 4.52. The number of allylic oxidation sites excluding steroid dienone is 1. The highest BCUT2D eigenvalue weighted by Crippen LogP contribution is 2.34. The van der Waals surface area contributed by atoms with Crippen LogP contribution in [0.4, 0.5) is 8.78 Å². The van der Waals surface area contributed by atoms with Gasteiger partial charge in [-0.25, -0.2) is 0 Å². The summed E-state index contributed by atoms with van der Waals surface area (Å²) in [4.78, 5) is 0. The van der Waals surface area contributed by atoms with Crippen LogP contribution in [-0.2, 0) is 9.47 Å². The molecule has 1 aliphatic heterocycles. The molecule has 2 aliphatic rings. The lowest BCUT2D eigenvalue weighted by Gasteiger charge is -2.31. The van der Waals surface area contributed by atoms with E-state index in [9.17, 15) is 8.78 Å². The molecule has 0 radical (unpaired) electrons. The first-order valence-corrected chi connectivity index (χ1v) is 7.88. The third-order valence-electron chi connectivity index (χ3n) is 4.52. The van der Waals surface area contributed by atoms with E-state index in [0.717, 1.165) is 63.7 Å². The summed E-state index contributed by atoms with van der Waals surface area (Å²) in [5, 5.41) is 0. The molecule has 0 N–H and O–H groups in total. The summed E-state index contributed by atoms with van der Waals surface area (Å²) >= 11 is 0. The molecular weight excluding hydrogens is 262 g/mol. The Bertz CT molecular complexity index is 300. The van der Waals surface area contributed by atoms with Crippen LogP contribution in [0.5, 0.6) is 0 Å². The van der Waals surface area contributed by atoms with E-state index in [1.165, 1.54) is 0 Å². The molecule has 0 atom stereocenters. The van der Waals surface area contributed by atoms with Crippen LogP contribution in [0.25, 0.3) is 0 Å². The van der Waals surface area contributed by atoms with Crippen molar-refractivity contribution in [3.05, 3.63) is 12.2 Å². The number of halogens is 2. The minimum Gasteiger partial charge on any atom is -0.352 e. The van der Waals surface area contributed by atoms with Crippen LogP contribution in [0.3, 0.4) is 0 Å². The molecule has 1 saturated heterocycles. The average molecular weight is 288 g/mol. The fourth-order valence-corrected chi connectivity index (χ4v) is 3.19. The van der Waals surface area contributed by atoms with Crippen molar-refractivity contribution in [2.75, 3.05) is 13.2 Å². The molecule has 4 heteroatoms. The SMILES string of the molecule is CC1COC(CCC2CCC(CC=C(F)F)CC2)OC1. The van der Waals surface area contributed by atoms with Gasteiger partial charge in [-0.1, -0.05) is 19.8 Å². The second-order valence-corrected chi connectivity index (χ2v) is 6.39. The van der Waals surface area contributed by atoms with Gasteiger partial charge in [0, 0.05) is 5.92 Å². The number of hydrogen-bond donors (Lipinski definition) is 0. The Labute approximate surface area is 120 Å². The van der Waals surface area contributed by atoms with E-state index in [0.29, 0.717) is 18.3 Å². The van der Waals surface area contributed by atoms with E-state index >= 15 is 0 Å². The topological polar surface area (TPSA) is 18.5 Å². The van der Waals surface area contributed by atoms with Crippen molar-refractivity contribution in [2.24, 2.45) is 17.8 Å². The van der Waals surface area contributed by atoms with E-state index in [4.69, 9.17) is 9.47 Å². The zero-order valence-corrected chi connectivity index (χ0v) is 12.3. The molecule has 0 aromatic carbocycles. The average Bonchev–Trinajstić information content (AvgIpc) is 2.45. The van der Waals surface area contributed by atoms with Gasteiger partial charge in [0.05, 0.1) is 13.2 Å². The fourth-order valence-electron chi connectivity index (χ4n) is 3.19. The van der Waals surface area contributed by atoms with Crippen LogP contribution in [0.1, 0.15) is 51.9 Å². The summed E-state index contributed by atoms with van der Waals surface area (Å²) < 4.78 is 35.4. The van der Waals surface area contributed by atoms with Crippen LogP contribution in [0, 0.1) is 17.8 Å². The molecule has 1 heterocycles. The Balaban J connectivity index is 1.59. The molecule has 0 unspecified atom stereocenters. The van der Waals surface area contributed by atoms with Gasteiger partial charge in [0.15, 0.2) is 6.29 Å². The second-order valence-electron chi connectivity index (χ2n) is 6.39. The molecule has 0 aromatic rings. The molecule has 1 aliphatic carbocycles. The minimum atomic E-state index is -1.53. The van der Waals surface area contributed by atoms with E-state index in [1.807, 2.05) is 0 Å². The van der Waals surface area contributed by atoms with Crippen LogP contribution in [0.2, 0.25) is 0 Å². The Kier molecular flexibility index (Phi) is 6.43. The summed E-state index contributed by atoms with van der Waals surface area (Å²) in [6, 6.07) is 0. The van der Waals surface area contributed by atoms with E-state index in [2.05, 4.69) is 6.92 Å². The third kappa shape index (κ3) is 5.49. The van der Waals surface area contributed by atoms with Gasteiger partial charge in [0.2, 0.25) is 0 Å². The van der Waals surface area contributed by atoms with Gasteiger partial charge in [0.25, 0.3) is 6.08 Å². The van der Waals surface area contributed by atoms with Crippen LogP contribution in [-0.4, -0.2) is 19.5 Å². The van der Waals surface area contributed by atoms with Gasteiger partial charge in [-0.3, -0.25) is 0 Å². The Morgan fingerprint density at radius 2 is 1.60 bits per heavy atom. The highest BCUT2D eigenvalue weighted by atomic mass is 19.3. The maximum atomic E-state index is 12.1. The number of rotatable bonds is 5. The molecule has 1 saturated carbocycles. The lowest BCUT2D eigenvalue weighted by molar-refractivity contribution is -0.201. The van der Waals surface area contributed by atoms with Gasteiger partial charge >= 0.3 is 0 Å². The molecule has 116 valence electrons. The Morgan fingerprint density at radius 1 is 1.00 bits per heavy atom. The van der Waals surface area contributed by atoms with Gasteiger partial charge in [-0.05, 0) is 50.0 Å². The second kappa shape index (κ2) is 8.08. The first kappa shape index (κ1) is 15.9. The molecule has 2 nitrogen and oxygen atoms in total. The first-order valence-electron chi connectivity index (χ1n) is 7.88. The summed E-state index contributed by atoms with van der Waals surface area (Å²) in [5.41, 5.74) is 0. The van der Waals surface area contributed by atoms with Crippen molar-refractivity contribution in [1.82, 2.24) is 0 Å². The summed E-state index contributed by atoms with van der Waals surface area (Å²) in [5.74, 6) is 1.68. The van der Waals surface area contributed by atoms with Crippen molar-refractivity contribution in [3.8, 4) is 0 Å². The first-order chi connectivity index (χ1) is 9.63. The molecule has 0 spiro atoms. The fraction of sp³-hybridized carbons (Fsp3) is 0.875. The Hall–Kier alpha value is -0.480. The van der Waals surface area contributed by atoms with E-state index in [-0.39, 0.29) is 6.29 Å². The van der Waals surface area contributed by atoms with Gasteiger partial charge in [-0.15, -0.1) is 0 Å². The summed E-state index contributed by atoms with van der Waals surface area (Å²) in [6.07, 6.45) is 6.67. The molecule has 0 bridgehead atoms. The minimum absolute atomic E-state index is 0.0208. The van der Waals surface area contributed by atoms with Crippen LogP contribution >= 0.6 is 0 Å². The van der Waals surface area contributed by atoms with Crippen molar-refractivity contribution in [2.45, 2.75) is 58.2 Å². The lowest BCUT2D eigenvalue weighted by atomic mass is 9.79. The summed E-state index contributed by atoms with van der Waals surface area (Å²) in [6.45, 7) is 3.74. The molecule has 0 aromatic heterocycles. The van der Waals surface area contributed by atoms with Crippen LogP contribution < -0.4 is 0 Å². The van der Waals surface area contributed by atoms with Crippen molar-refractivity contribution >= 4 is 0 Å². The maximum absolute atomic E-state index is 12.1. The van der Waals surface area contributed by atoms with Gasteiger partial charge in [0.1, 0.15) is 0 Å².